The summed E-state index contributed by atoms with van der Waals surface area (Å²) in [5.41, 5.74) is 1.33. The van der Waals surface area contributed by atoms with E-state index in [0.717, 1.165) is 24.8 Å². The number of aliphatic carboxylic acids is 1. The number of aryl methyl sites for hydroxylation is 1. The number of carboxylic acids is 1. The van der Waals surface area contributed by atoms with Crippen molar-refractivity contribution in [1.29, 1.82) is 0 Å². The molecule has 1 heterocycles. The maximum absolute atomic E-state index is 12.9. The van der Waals surface area contributed by atoms with Gasteiger partial charge >= 0.3 is 5.97 Å². The minimum absolute atomic E-state index is 0.245. The second-order valence-electron chi connectivity index (χ2n) is 8.51. The number of pyridine rings is 1. The Bertz CT molecular complexity index is 951. The Kier molecular flexibility index (Phi) is 7.72. The summed E-state index contributed by atoms with van der Waals surface area (Å²) in [6.45, 7) is 4.54. The van der Waals surface area contributed by atoms with Crippen LogP contribution in [0.4, 0.5) is 0 Å². The van der Waals surface area contributed by atoms with Crippen molar-refractivity contribution in [3.8, 4) is 11.6 Å². The Hall–Kier alpha value is -3.09. The van der Waals surface area contributed by atoms with E-state index in [4.69, 9.17) is 9.47 Å². The number of amides is 1. The third-order valence-corrected chi connectivity index (χ3v) is 6.30. The van der Waals surface area contributed by atoms with Gasteiger partial charge in [0.2, 0.25) is 0 Å². The number of nitrogens with zero attached hydrogens (tertiary/aromatic N) is 1. The predicted octanol–water partition coefficient (Wildman–Crippen LogP) is 4.17. The number of carbonyl (C=O) groups is 2. The van der Waals surface area contributed by atoms with Gasteiger partial charge in [0.15, 0.2) is 5.75 Å². The summed E-state index contributed by atoms with van der Waals surface area (Å²) < 4.78 is 11.1. The van der Waals surface area contributed by atoms with Crippen molar-refractivity contribution in [1.82, 2.24) is 10.3 Å². The Labute approximate surface area is 189 Å². The fraction of sp³-hybridized carbons (Fsp3) is 0.480. The number of aromatic nitrogens is 1. The number of ether oxygens (including phenoxy) is 2. The maximum Gasteiger partial charge on any atom is 0.329 e. The minimum atomic E-state index is -1.24. The Morgan fingerprint density at radius 3 is 2.62 bits per heavy atom. The monoisotopic (exact) mass is 440 g/mol. The van der Waals surface area contributed by atoms with E-state index in [9.17, 15) is 14.7 Å². The van der Waals surface area contributed by atoms with Crippen LogP contribution in [0.3, 0.4) is 0 Å². The highest BCUT2D eigenvalue weighted by atomic mass is 16.5. The first-order chi connectivity index (χ1) is 15.4. The average molecular weight is 441 g/mol. The molecule has 3 rings (SSSR count). The van der Waals surface area contributed by atoms with Crippen LogP contribution in [-0.2, 0) is 11.2 Å². The molecule has 0 unspecified atom stereocenters. The molecule has 0 atom stereocenters. The lowest BCUT2D eigenvalue weighted by atomic mass is 9.75. The molecule has 1 aromatic heterocycles. The molecular formula is C25H32N2O5. The van der Waals surface area contributed by atoms with Crippen molar-refractivity contribution in [2.24, 2.45) is 5.92 Å². The number of benzene rings is 1. The van der Waals surface area contributed by atoms with E-state index in [-0.39, 0.29) is 11.4 Å². The van der Waals surface area contributed by atoms with Gasteiger partial charge in [0.05, 0.1) is 19.3 Å². The highest BCUT2D eigenvalue weighted by Gasteiger charge is 2.43. The van der Waals surface area contributed by atoms with E-state index in [1.54, 1.807) is 6.07 Å². The molecule has 2 N–H and O–H groups in total. The second kappa shape index (κ2) is 10.5. The van der Waals surface area contributed by atoms with Crippen molar-refractivity contribution >= 4 is 11.9 Å². The first-order valence-corrected chi connectivity index (χ1v) is 11.1. The van der Waals surface area contributed by atoms with Gasteiger partial charge in [0.1, 0.15) is 5.54 Å². The summed E-state index contributed by atoms with van der Waals surface area (Å²) in [5, 5.41) is 12.6. The van der Waals surface area contributed by atoms with Gasteiger partial charge in [0.25, 0.3) is 11.8 Å². The molecule has 7 nitrogen and oxygen atoms in total. The van der Waals surface area contributed by atoms with Crippen LogP contribution in [0.1, 0.15) is 60.5 Å². The molecule has 172 valence electrons. The molecule has 0 bridgehead atoms. The zero-order valence-corrected chi connectivity index (χ0v) is 19.0. The molecule has 2 aromatic rings. The van der Waals surface area contributed by atoms with Crippen molar-refractivity contribution in [3.63, 3.8) is 0 Å². The van der Waals surface area contributed by atoms with Crippen LogP contribution in [-0.4, -0.2) is 41.2 Å². The van der Waals surface area contributed by atoms with Crippen LogP contribution in [0.5, 0.6) is 11.6 Å². The summed E-state index contributed by atoms with van der Waals surface area (Å²) in [6.07, 6.45) is 5.53. The standard InChI is InChI=1S/C25H32N2O5/c1-4-18-8-11-25(12-9-18,24(29)30)27-22(28)20-15-21(23(31-3)26-16-20)32-13-10-19-7-5-6-17(2)14-19/h5-7,14-16,18H,4,8-13H2,1-3H3,(H,27,28)(H,29,30). The fourth-order valence-electron chi connectivity index (χ4n) is 4.22. The molecule has 0 saturated heterocycles. The van der Waals surface area contributed by atoms with Gasteiger partial charge in [-0.3, -0.25) is 4.79 Å². The van der Waals surface area contributed by atoms with E-state index in [2.05, 4.69) is 23.3 Å². The smallest absolute Gasteiger partial charge is 0.329 e. The predicted molar refractivity (Wildman–Crippen MR) is 121 cm³/mol. The fourth-order valence-corrected chi connectivity index (χ4v) is 4.22. The Morgan fingerprint density at radius 2 is 2.00 bits per heavy atom. The van der Waals surface area contributed by atoms with Crippen LogP contribution >= 0.6 is 0 Å². The molecule has 0 spiro atoms. The van der Waals surface area contributed by atoms with Gasteiger partial charge < -0.3 is 19.9 Å². The summed E-state index contributed by atoms with van der Waals surface area (Å²) in [5.74, 6) is -0.318. The zero-order valence-electron chi connectivity index (χ0n) is 19.0. The van der Waals surface area contributed by atoms with Gasteiger partial charge in [-0.2, -0.15) is 0 Å². The van der Waals surface area contributed by atoms with Crippen molar-refractivity contribution in [2.75, 3.05) is 13.7 Å². The molecule has 1 fully saturated rings. The highest BCUT2D eigenvalue weighted by molar-refractivity contribution is 5.98. The maximum atomic E-state index is 12.9. The van der Waals surface area contributed by atoms with Gasteiger partial charge in [-0.1, -0.05) is 43.2 Å². The number of hydrogen-bond donors (Lipinski definition) is 2. The summed E-state index contributed by atoms with van der Waals surface area (Å²) in [4.78, 5) is 29.2. The lowest BCUT2D eigenvalue weighted by Crippen LogP contribution is -2.56. The van der Waals surface area contributed by atoms with E-state index in [1.165, 1.54) is 18.9 Å². The molecule has 1 aliphatic rings. The van der Waals surface area contributed by atoms with Crippen LogP contribution < -0.4 is 14.8 Å². The molecule has 1 aromatic carbocycles. The molecule has 1 amide bonds. The summed E-state index contributed by atoms with van der Waals surface area (Å²) in [7, 11) is 1.49. The second-order valence-corrected chi connectivity index (χ2v) is 8.51. The number of methoxy groups -OCH3 is 1. The Balaban J connectivity index is 1.70. The first kappa shape index (κ1) is 23.6. The molecular weight excluding hydrogens is 408 g/mol. The topological polar surface area (TPSA) is 97.8 Å². The first-order valence-electron chi connectivity index (χ1n) is 11.1. The van der Waals surface area contributed by atoms with Gasteiger partial charge in [-0.25, -0.2) is 9.78 Å². The normalized spacial score (nSPS) is 20.4. The quantitative estimate of drug-likeness (QED) is 0.607. The number of carbonyl (C=O) groups excluding carboxylic acids is 1. The molecule has 32 heavy (non-hydrogen) atoms. The average Bonchev–Trinajstić information content (AvgIpc) is 2.79. The summed E-state index contributed by atoms with van der Waals surface area (Å²) >= 11 is 0. The molecule has 1 aliphatic carbocycles. The van der Waals surface area contributed by atoms with E-state index >= 15 is 0 Å². The lowest BCUT2D eigenvalue weighted by Gasteiger charge is -2.37. The van der Waals surface area contributed by atoms with E-state index in [1.807, 2.05) is 25.1 Å². The van der Waals surface area contributed by atoms with Gasteiger partial charge in [-0.05, 0) is 44.1 Å². The minimum Gasteiger partial charge on any atom is -0.488 e. The number of carboxylic acid groups (broad SMARTS) is 1. The number of hydrogen-bond acceptors (Lipinski definition) is 5. The largest absolute Gasteiger partial charge is 0.488 e. The SMILES string of the molecule is CCC1CCC(NC(=O)c2cnc(OC)c(OCCc3cccc(C)c3)c2)(C(=O)O)CC1. The van der Waals surface area contributed by atoms with Crippen molar-refractivity contribution < 1.29 is 24.2 Å². The third-order valence-electron chi connectivity index (χ3n) is 6.30. The molecule has 0 radical (unpaired) electrons. The lowest BCUT2D eigenvalue weighted by molar-refractivity contribution is -0.146. The number of rotatable bonds is 9. The van der Waals surface area contributed by atoms with Crippen LogP contribution in [0.15, 0.2) is 36.5 Å². The summed E-state index contributed by atoms with van der Waals surface area (Å²) in [6, 6.07) is 9.74. The van der Waals surface area contributed by atoms with Gasteiger partial charge in [0, 0.05) is 18.7 Å². The van der Waals surface area contributed by atoms with Gasteiger partial charge in [-0.15, -0.1) is 0 Å². The molecule has 0 aliphatic heterocycles. The van der Waals surface area contributed by atoms with Crippen molar-refractivity contribution in [2.45, 2.75) is 57.9 Å². The van der Waals surface area contributed by atoms with Crippen LogP contribution in [0, 0.1) is 12.8 Å². The van der Waals surface area contributed by atoms with Crippen LogP contribution in [0.2, 0.25) is 0 Å². The highest BCUT2D eigenvalue weighted by Crippen LogP contribution is 2.34. The third kappa shape index (κ3) is 5.58. The van der Waals surface area contributed by atoms with Crippen molar-refractivity contribution in [3.05, 3.63) is 53.2 Å². The van der Waals surface area contributed by atoms with Crippen LogP contribution in [0.25, 0.3) is 0 Å². The molecule has 1 saturated carbocycles. The zero-order chi connectivity index (χ0) is 23.1. The number of nitrogens with one attached hydrogen (secondary N) is 1. The van der Waals surface area contributed by atoms with E-state index in [0.29, 0.717) is 37.5 Å². The van der Waals surface area contributed by atoms with E-state index < -0.39 is 17.4 Å². The molecule has 7 heteroatoms. The Morgan fingerprint density at radius 1 is 1.25 bits per heavy atom.